The lowest BCUT2D eigenvalue weighted by molar-refractivity contribution is 0.390. The van der Waals surface area contributed by atoms with Gasteiger partial charge in [-0.05, 0) is 37.9 Å². The van der Waals surface area contributed by atoms with Gasteiger partial charge < -0.3 is 10.6 Å². The SMILES string of the molecule is Clc1ccncc1NCC1CCNCC1. The summed E-state index contributed by atoms with van der Waals surface area (Å²) in [6, 6.07) is 1.81. The van der Waals surface area contributed by atoms with Gasteiger partial charge in [0.25, 0.3) is 0 Å². The molecule has 0 saturated carbocycles. The van der Waals surface area contributed by atoms with E-state index in [2.05, 4.69) is 15.6 Å². The van der Waals surface area contributed by atoms with Crippen LogP contribution in [0.4, 0.5) is 5.69 Å². The number of nitrogens with one attached hydrogen (secondary N) is 2. The molecule has 0 radical (unpaired) electrons. The Bertz CT molecular complexity index is 310. The van der Waals surface area contributed by atoms with Gasteiger partial charge in [0, 0.05) is 12.7 Å². The Balaban J connectivity index is 1.84. The van der Waals surface area contributed by atoms with Gasteiger partial charge in [-0.15, -0.1) is 0 Å². The van der Waals surface area contributed by atoms with Crippen LogP contribution in [0.15, 0.2) is 18.5 Å². The Morgan fingerprint density at radius 3 is 3.00 bits per heavy atom. The van der Waals surface area contributed by atoms with E-state index in [0.29, 0.717) is 0 Å². The lowest BCUT2D eigenvalue weighted by atomic mass is 9.98. The molecular formula is C11H16ClN3. The largest absolute Gasteiger partial charge is 0.382 e. The number of piperidine rings is 1. The molecule has 82 valence electrons. The fourth-order valence-electron chi connectivity index (χ4n) is 1.85. The number of pyridine rings is 1. The lowest BCUT2D eigenvalue weighted by Crippen LogP contribution is -2.31. The molecule has 1 fully saturated rings. The highest BCUT2D eigenvalue weighted by Gasteiger charge is 2.12. The van der Waals surface area contributed by atoms with E-state index >= 15 is 0 Å². The molecule has 0 bridgehead atoms. The molecule has 1 aromatic heterocycles. The molecule has 0 amide bonds. The molecule has 3 nitrogen and oxygen atoms in total. The van der Waals surface area contributed by atoms with E-state index in [1.54, 1.807) is 12.4 Å². The fraction of sp³-hybridized carbons (Fsp3) is 0.545. The lowest BCUT2D eigenvalue weighted by Gasteiger charge is -2.23. The van der Waals surface area contributed by atoms with Crippen molar-refractivity contribution in [3.63, 3.8) is 0 Å². The predicted molar refractivity (Wildman–Crippen MR) is 63.3 cm³/mol. The summed E-state index contributed by atoms with van der Waals surface area (Å²) in [5.41, 5.74) is 0.942. The van der Waals surface area contributed by atoms with Gasteiger partial charge in [0.2, 0.25) is 0 Å². The highest BCUT2D eigenvalue weighted by molar-refractivity contribution is 6.33. The standard InChI is InChI=1S/C11H16ClN3/c12-10-3-6-14-8-11(10)15-7-9-1-4-13-5-2-9/h3,6,8-9,13,15H,1-2,4-5,7H2. The first kappa shape index (κ1) is 10.7. The van der Waals surface area contributed by atoms with Crippen molar-refractivity contribution in [3.05, 3.63) is 23.5 Å². The zero-order valence-corrected chi connectivity index (χ0v) is 9.43. The van der Waals surface area contributed by atoms with Crippen LogP contribution in [0.25, 0.3) is 0 Å². The molecule has 0 aliphatic carbocycles. The maximum absolute atomic E-state index is 6.03. The third-order valence-corrected chi connectivity index (χ3v) is 3.14. The van der Waals surface area contributed by atoms with Crippen LogP contribution in [0.1, 0.15) is 12.8 Å². The van der Waals surface area contributed by atoms with E-state index in [-0.39, 0.29) is 0 Å². The van der Waals surface area contributed by atoms with Gasteiger partial charge in [0.15, 0.2) is 0 Å². The van der Waals surface area contributed by atoms with Gasteiger partial charge in [-0.3, -0.25) is 4.98 Å². The van der Waals surface area contributed by atoms with Gasteiger partial charge in [-0.1, -0.05) is 11.6 Å². The van der Waals surface area contributed by atoms with Gasteiger partial charge in [0.1, 0.15) is 0 Å². The van der Waals surface area contributed by atoms with E-state index in [4.69, 9.17) is 11.6 Å². The molecule has 0 unspecified atom stereocenters. The molecular weight excluding hydrogens is 210 g/mol. The Morgan fingerprint density at radius 1 is 1.47 bits per heavy atom. The quantitative estimate of drug-likeness (QED) is 0.828. The van der Waals surface area contributed by atoms with Gasteiger partial charge in [-0.25, -0.2) is 0 Å². The zero-order chi connectivity index (χ0) is 10.5. The number of aromatic nitrogens is 1. The molecule has 2 heterocycles. The van der Waals surface area contributed by atoms with Crippen LogP contribution in [-0.2, 0) is 0 Å². The second kappa shape index (κ2) is 5.33. The number of halogens is 1. The second-order valence-corrected chi connectivity index (χ2v) is 4.34. The number of hydrogen-bond acceptors (Lipinski definition) is 3. The molecule has 0 spiro atoms. The van der Waals surface area contributed by atoms with Crippen molar-refractivity contribution in [2.75, 3.05) is 25.0 Å². The van der Waals surface area contributed by atoms with Crippen molar-refractivity contribution < 1.29 is 0 Å². The summed E-state index contributed by atoms with van der Waals surface area (Å²) in [5, 5.41) is 7.47. The van der Waals surface area contributed by atoms with E-state index in [1.807, 2.05) is 6.07 Å². The molecule has 0 atom stereocenters. The summed E-state index contributed by atoms with van der Waals surface area (Å²) in [6.45, 7) is 3.26. The molecule has 1 aromatic rings. The smallest absolute Gasteiger partial charge is 0.0716 e. The van der Waals surface area contributed by atoms with Crippen molar-refractivity contribution >= 4 is 17.3 Å². The first-order valence-corrected chi connectivity index (χ1v) is 5.78. The summed E-state index contributed by atoms with van der Waals surface area (Å²) in [7, 11) is 0. The number of anilines is 1. The number of nitrogens with zero attached hydrogens (tertiary/aromatic N) is 1. The van der Waals surface area contributed by atoms with Crippen LogP contribution >= 0.6 is 11.6 Å². The zero-order valence-electron chi connectivity index (χ0n) is 8.67. The van der Waals surface area contributed by atoms with Crippen molar-refractivity contribution in [3.8, 4) is 0 Å². The molecule has 2 N–H and O–H groups in total. The van der Waals surface area contributed by atoms with Crippen LogP contribution in [0.2, 0.25) is 5.02 Å². The van der Waals surface area contributed by atoms with E-state index in [0.717, 1.165) is 36.3 Å². The topological polar surface area (TPSA) is 37.0 Å². The van der Waals surface area contributed by atoms with Crippen molar-refractivity contribution in [2.45, 2.75) is 12.8 Å². The van der Waals surface area contributed by atoms with Gasteiger partial charge in [-0.2, -0.15) is 0 Å². The van der Waals surface area contributed by atoms with Crippen LogP contribution < -0.4 is 10.6 Å². The summed E-state index contributed by atoms with van der Waals surface area (Å²) >= 11 is 6.03. The highest BCUT2D eigenvalue weighted by Crippen LogP contribution is 2.20. The average molecular weight is 226 g/mol. The van der Waals surface area contributed by atoms with Crippen LogP contribution in [-0.4, -0.2) is 24.6 Å². The highest BCUT2D eigenvalue weighted by atomic mass is 35.5. The molecule has 2 rings (SSSR count). The molecule has 1 aliphatic rings. The Morgan fingerprint density at radius 2 is 2.27 bits per heavy atom. The Kier molecular flexibility index (Phi) is 3.80. The molecule has 4 heteroatoms. The average Bonchev–Trinajstić information content (AvgIpc) is 2.29. The van der Waals surface area contributed by atoms with Crippen molar-refractivity contribution in [1.29, 1.82) is 0 Å². The predicted octanol–water partition coefficient (Wildman–Crippen LogP) is 2.15. The Hall–Kier alpha value is -0.800. The monoisotopic (exact) mass is 225 g/mol. The van der Waals surface area contributed by atoms with Gasteiger partial charge in [0.05, 0.1) is 16.9 Å². The minimum absolute atomic E-state index is 0.749. The minimum atomic E-state index is 0.749. The third kappa shape index (κ3) is 3.08. The number of rotatable bonds is 3. The molecule has 15 heavy (non-hydrogen) atoms. The summed E-state index contributed by atoms with van der Waals surface area (Å²) in [4.78, 5) is 4.05. The van der Waals surface area contributed by atoms with Crippen LogP contribution in [0.3, 0.4) is 0 Å². The second-order valence-electron chi connectivity index (χ2n) is 3.93. The van der Waals surface area contributed by atoms with Crippen LogP contribution in [0, 0.1) is 5.92 Å². The number of hydrogen-bond donors (Lipinski definition) is 2. The first-order valence-electron chi connectivity index (χ1n) is 5.40. The first-order chi connectivity index (χ1) is 7.36. The summed E-state index contributed by atoms with van der Waals surface area (Å²) < 4.78 is 0. The molecule has 1 saturated heterocycles. The fourth-order valence-corrected chi connectivity index (χ4v) is 2.02. The molecule has 1 aliphatic heterocycles. The van der Waals surface area contributed by atoms with E-state index in [9.17, 15) is 0 Å². The van der Waals surface area contributed by atoms with E-state index in [1.165, 1.54) is 12.8 Å². The van der Waals surface area contributed by atoms with E-state index < -0.39 is 0 Å². The Labute approximate surface area is 95.2 Å². The maximum Gasteiger partial charge on any atom is 0.0716 e. The summed E-state index contributed by atoms with van der Waals surface area (Å²) in [6.07, 6.45) is 5.97. The van der Waals surface area contributed by atoms with Crippen molar-refractivity contribution in [2.24, 2.45) is 5.92 Å². The third-order valence-electron chi connectivity index (χ3n) is 2.81. The normalized spacial score (nSPS) is 17.7. The van der Waals surface area contributed by atoms with Gasteiger partial charge >= 0.3 is 0 Å². The maximum atomic E-state index is 6.03. The van der Waals surface area contributed by atoms with Crippen LogP contribution in [0.5, 0.6) is 0 Å². The molecule has 0 aromatic carbocycles. The van der Waals surface area contributed by atoms with Crippen molar-refractivity contribution in [1.82, 2.24) is 10.3 Å². The summed E-state index contributed by atoms with van der Waals surface area (Å²) in [5.74, 6) is 0.752. The minimum Gasteiger partial charge on any atom is -0.382 e.